The third-order valence-corrected chi connectivity index (χ3v) is 3.64. The number of hydrogen-bond donors (Lipinski definition) is 0. The Hall–Kier alpha value is -2.36. The predicted molar refractivity (Wildman–Crippen MR) is 90.6 cm³/mol. The zero-order valence-corrected chi connectivity index (χ0v) is 13.6. The highest BCUT2D eigenvalue weighted by Gasteiger charge is 2.13. The van der Waals surface area contributed by atoms with Gasteiger partial charge in [-0.3, -0.25) is 4.79 Å². The van der Waals surface area contributed by atoms with E-state index in [9.17, 15) is 9.18 Å². The van der Waals surface area contributed by atoms with Crippen LogP contribution in [0.1, 0.15) is 36.5 Å². The van der Waals surface area contributed by atoms with Crippen LogP contribution >= 0.6 is 0 Å². The second-order valence-electron chi connectivity index (χ2n) is 5.42. The summed E-state index contributed by atoms with van der Waals surface area (Å²) in [5.74, 6) is 0.301. The SMILES string of the molecule is CCCCCOc1ccc(C(=O)N(C)c2ccc(F)cc2)cc1. The van der Waals surface area contributed by atoms with Gasteiger partial charge in [-0.1, -0.05) is 19.8 Å². The average Bonchev–Trinajstić information content (AvgIpc) is 2.59. The topological polar surface area (TPSA) is 29.5 Å². The Morgan fingerprint density at radius 2 is 1.70 bits per heavy atom. The molecular weight excluding hydrogens is 293 g/mol. The molecule has 0 aliphatic heterocycles. The first-order chi connectivity index (χ1) is 11.1. The van der Waals surface area contributed by atoms with E-state index in [0.29, 0.717) is 17.9 Å². The summed E-state index contributed by atoms with van der Waals surface area (Å²) < 4.78 is 18.6. The van der Waals surface area contributed by atoms with Crippen molar-refractivity contribution in [3.05, 3.63) is 59.9 Å². The van der Waals surface area contributed by atoms with Crippen molar-refractivity contribution >= 4 is 11.6 Å². The standard InChI is InChI=1S/C19H22FNO2/c1-3-4-5-14-23-18-12-6-15(7-13-18)19(22)21(2)17-10-8-16(20)9-11-17/h6-13H,3-5,14H2,1-2H3. The molecule has 0 aliphatic rings. The number of hydrogen-bond acceptors (Lipinski definition) is 2. The Kier molecular flexibility index (Phi) is 6.15. The minimum Gasteiger partial charge on any atom is -0.494 e. The summed E-state index contributed by atoms with van der Waals surface area (Å²) in [6.07, 6.45) is 3.34. The first kappa shape index (κ1) is 17.0. The molecular formula is C19H22FNO2. The Balaban J connectivity index is 1.98. The maximum atomic E-state index is 13.0. The molecule has 0 heterocycles. The number of anilines is 1. The highest BCUT2D eigenvalue weighted by molar-refractivity contribution is 6.05. The Morgan fingerprint density at radius 3 is 2.30 bits per heavy atom. The number of carbonyl (C=O) groups excluding carboxylic acids is 1. The summed E-state index contributed by atoms with van der Waals surface area (Å²) in [7, 11) is 1.67. The smallest absolute Gasteiger partial charge is 0.258 e. The van der Waals surface area contributed by atoms with Crippen molar-refractivity contribution in [3.63, 3.8) is 0 Å². The van der Waals surface area contributed by atoms with E-state index in [-0.39, 0.29) is 11.7 Å². The molecule has 0 saturated carbocycles. The molecule has 0 N–H and O–H groups in total. The summed E-state index contributed by atoms with van der Waals surface area (Å²) in [6.45, 7) is 2.84. The van der Waals surface area contributed by atoms with Crippen LogP contribution in [-0.2, 0) is 0 Å². The lowest BCUT2D eigenvalue weighted by molar-refractivity contribution is 0.0993. The number of nitrogens with zero attached hydrogens (tertiary/aromatic N) is 1. The van der Waals surface area contributed by atoms with E-state index in [2.05, 4.69) is 6.92 Å². The fraction of sp³-hybridized carbons (Fsp3) is 0.316. The first-order valence-electron chi connectivity index (χ1n) is 7.88. The highest BCUT2D eigenvalue weighted by atomic mass is 19.1. The third kappa shape index (κ3) is 4.81. The molecule has 122 valence electrons. The first-order valence-corrected chi connectivity index (χ1v) is 7.88. The Labute approximate surface area is 136 Å². The quantitative estimate of drug-likeness (QED) is 0.695. The molecule has 23 heavy (non-hydrogen) atoms. The molecule has 2 rings (SSSR count). The monoisotopic (exact) mass is 315 g/mol. The molecule has 0 aromatic heterocycles. The summed E-state index contributed by atoms with van der Waals surface area (Å²) in [5.41, 5.74) is 1.22. The van der Waals surface area contributed by atoms with E-state index in [4.69, 9.17) is 4.74 Å². The fourth-order valence-electron chi connectivity index (χ4n) is 2.21. The van der Waals surface area contributed by atoms with Crippen LogP contribution in [0.4, 0.5) is 10.1 Å². The number of unbranched alkanes of at least 4 members (excludes halogenated alkanes) is 2. The van der Waals surface area contributed by atoms with Crippen LogP contribution in [0.25, 0.3) is 0 Å². The molecule has 0 spiro atoms. The summed E-state index contributed by atoms with van der Waals surface area (Å²) in [4.78, 5) is 13.9. The van der Waals surface area contributed by atoms with Crippen LogP contribution in [0.15, 0.2) is 48.5 Å². The van der Waals surface area contributed by atoms with Gasteiger partial charge in [-0.25, -0.2) is 4.39 Å². The molecule has 0 saturated heterocycles. The van der Waals surface area contributed by atoms with E-state index in [1.54, 1.807) is 43.4 Å². The minimum absolute atomic E-state index is 0.144. The molecule has 1 amide bonds. The van der Waals surface area contributed by atoms with Crippen LogP contribution < -0.4 is 9.64 Å². The Morgan fingerprint density at radius 1 is 1.04 bits per heavy atom. The second kappa shape index (κ2) is 8.32. The van der Waals surface area contributed by atoms with Crippen LogP contribution in [0.2, 0.25) is 0 Å². The number of halogens is 1. The number of carbonyl (C=O) groups is 1. The minimum atomic E-state index is -0.320. The van der Waals surface area contributed by atoms with Crippen molar-refractivity contribution in [1.29, 1.82) is 0 Å². The van der Waals surface area contributed by atoms with Crippen LogP contribution in [0.5, 0.6) is 5.75 Å². The summed E-state index contributed by atoms with van der Waals surface area (Å²) in [6, 6.07) is 12.9. The van der Waals surface area contributed by atoms with Gasteiger partial charge in [-0.2, -0.15) is 0 Å². The maximum absolute atomic E-state index is 13.0. The largest absolute Gasteiger partial charge is 0.494 e. The van der Waals surface area contributed by atoms with E-state index in [1.165, 1.54) is 17.0 Å². The molecule has 0 radical (unpaired) electrons. The van der Waals surface area contributed by atoms with Gasteiger partial charge < -0.3 is 9.64 Å². The van der Waals surface area contributed by atoms with Crippen molar-refractivity contribution in [2.75, 3.05) is 18.6 Å². The molecule has 0 bridgehead atoms. The van der Waals surface area contributed by atoms with Crippen molar-refractivity contribution in [3.8, 4) is 5.75 Å². The van der Waals surface area contributed by atoms with Gasteiger partial charge in [0.1, 0.15) is 11.6 Å². The lowest BCUT2D eigenvalue weighted by atomic mass is 10.2. The maximum Gasteiger partial charge on any atom is 0.258 e. The normalized spacial score (nSPS) is 10.4. The van der Waals surface area contributed by atoms with Crippen molar-refractivity contribution in [2.24, 2.45) is 0 Å². The van der Waals surface area contributed by atoms with Crippen molar-refractivity contribution < 1.29 is 13.9 Å². The lowest BCUT2D eigenvalue weighted by Crippen LogP contribution is -2.26. The molecule has 3 nitrogen and oxygen atoms in total. The van der Waals surface area contributed by atoms with Gasteiger partial charge in [0.2, 0.25) is 0 Å². The third-order valence-electron chi connectivity index (χ3n) is 3.64. The van der Waals surface area contributed by atoms with E-state index in [0.717, 1.165) is 25.0 Å². The highest BCUT2D eigenvalue weighted by Crippen LogP contribution is 2.18. The summed E-state index contributed by atoms with van der Waals surface area (Å²) >= 11 is 0. The number of amides is 1. The van der Waals surface area contributed by atoms with Crippen molar-refractivity contribution in [2.45, 2.75) is 26.2 Å². The average molecular weight is 315 g/mol. The van der Waals surface area contributed by atoms with E-state index >= 15 is 0 Å². The lowest BCUT2D eigenvalue weighted by Gasteiger charge is -2.17. The number of benzene rings is 2. The Bertz CT molecular complexity index is 623. The predicted octanol–water partition coefficient (Wildman–Crippen LogP) is 4.67. The zero-order chi connectivity index (χ0) is 16.7. The zero-order valence-electron chi connectivity index (χ0n) is 13.6. The van der Waals surface area contributed by atoms with Gasteiger partial charge in [0.25, 0.3) is 5.91 Å². The van der Waals surface area contributed by atoms with Gasteiger partial charge in [0.05, 0.1) is 6.61 Å². The molecule has 0 atom stereocenters. The molecule has 0 fully saturated rings. The van der Waals surface area contributed by atoms with Gasteiger partial charge in [0.15, 0.2) is 0 Å². The second-order valence-corrected chi connectivity index (χ2v) is 5.42. The molecule has 0 unspecified atom stereocenters. The van der Waals surface area contributed by atoms with Crippen molar-refractivity contribution in [1.82, 2.24) is 0 Å². The molecule has 2 aromatic rings. The molecule has 0 aliphatic carbocycles. The molecule has 4 heteroatoms. The number of rotatable bonds is 7. The van der Waals surface area contributed by atoms with E-state index < -0.39 is 0 Å². The van der Waals surface area contributed by atoms with Gasteiger partial charge in [0, 0.05) is 18.3 Å². The van der Waals surface area contributed by atoms with Gasteiger partial charge >= 0.3 is 0 Å². The van der Waals surface area contributed by atoms with Gasteiger partial charge in [-0.15, -0.1) is 0 Å². The van der Waals surface area contributed by atoms with Crippen LogP contribution in [0.3, 0.4) is 0 Å². The van der Waals surface area contributed by atoms with E-state index in [1.807, 2.05) is 0 Å². The fourth-order valence-corrected chi connectivity index (χ4v) is 2.21. The molecule has 2 aromatic carbocycles. The summed E-state index contributed by atoms with van der Waals surface area (Å²) in [5, 5.41) is 0. The van der Waals surface area contributed by atoms with Crippen LogP contribution in [0, 0.1) is 5.82 Å². The van der Waals surface area contributed by atoms with Gasteiger partial charge in [-0.05, 0) is 55.0 Å². The number of ether oxygens (including phenoxy) is 1. The van der Waals surface area contributed by atoms with Crippen LogP contribution in [-0.4, -0.2) is 19.6 Å².